The standard InChI is InChI=1S/C13H17BrO/c1-3-5-10-15-13(14)12-8-6-11(4-2)7-9-12/h4,6-9,13H,2-3,5,10H2,1H3. The first kappa shape index (κ1) is 12.5. The highest BCUT2D eigenvalue weighted by Gasteiger charge is 2.06. The van der Waals surface area contributed by atoms with Crippen molar-refractivity contribution in [2.24, 2.45) is 0 Å². The van der Waals surface area contributed by atoms with E-state index in [9.17, 15) is 0 Å². The van der Waals surface area contributed by atoms with Crippen molar-refractivity contribution in [3.8, 4) is 0 Å². The number of unbranched alkanes of at least 4 members (excludes halogenated alkanes) is 1. The molecule has 1 nitrogen and oxygen atoms in total. The molecule has 1 aromatic carbocycles. The first-order chi connectivity index (χ1) is 7.27. The second kappa shape index (κ2) is 6.81. The molecular formula is C13H17BrO. The van der Waals surface area contributed by atoms with Crippen molar-refractivity contribution in [3.63, 3.8) is 0 Å². The molecule has 0 N–H and O–H groups in total. The highest BCUT2D eigenvalue weighted by atomic mass is 79.9. The van der Waals surface area contributed by atoms with E-state index in [4.69, 9.17) is 4.74 Å². The van der Waals surface area contributed by atoms with Gasteiger partial charge in [0, 0.05) is 6.61 Å². The van der Waals surface area contributed by atoms with Crippen molar-refractivity contribution < 1.29 is 4.74 Å². The topological polar surface area (TPSA) is 9.23 Å². The molecule has 0 bridgehead atoms. The number of rotatable bonds is 6. The van der Waals surface area contributed by atoms with Gasteiger partial charge >= 0.3 is 0 Å². The van der Waals surface area contributed by atoms with Crippen LogP contribution in [0.5, 0.6) is 0 Å². The van der Waals surface area contributed by atoms with Crippen LogP contribution < -0.4 is 0 Å². The van der Waals surface area contributed by atoms with Gasteiger partial charge in [0.05, 0.1) is 0 Å². The maximum absolute atomic E-state index is 5.63. The Morgan fingerprint density at radius 2 is 2.07 bits per heavy atom. The maximum atomic E-state index is 5.63. The first-order valence-electron chi connectivity index (χ1n) is 5.26. The van der Waals surface area contributed by atoms with Crippen LogP contribution in [0.25, 0.3) is 6.08 Å². The Labute approximate surface area is 100 Å². The quantitative estimate of drug-likeness (QED) is 0.544. The van der Waals surface area contributed by atoms with Crippen LogP contribution in [0, 0.1) is 0 Å². The largest absolute Gasteiger partial charge is 0.362 e. The average molecular weight is 269 g/mol. The summed E-state index contributed by atoms with van der Waals surface area (Å²) >= 11 is 3.51. The van der Waals surface area contributed by atoms with E-state index in [1.807, 2.05) is 18.2 Å². The number of hydrogen-bond donors (Lipinski definition) is 0. The zero-order chi connectivity index (χ0) is 11.1. The van der Waals surface area contributed by atoms with E-state index in [-0.39, 0.29) is 5.01 Å². The Morgan fingerprint density at radius 1 is 1.40 bits per heavy atom. The van der Waals surface area contributed by atoms with Crippen LogP contribution in [0.1, 0.15) is 35.9 Å². The van der Waals surface area contributed by atoms with Gasteiger partial charge in [0.25, 0.3) is 0 Å². The van der Waals surface area contributed by atoms with Crippen molar-refractivity contribution >= 4 is 22.0 Å². The summed E-state index contributed by atoms with van der Waals surface area (Å²) in [5, 5.41) is 0.00270. The molecule has 0 spiro atoms. The third-order valence-electron chi connectivity index (χ3n) is 2.20. The summed E-state index contributed by atoms with van der Waals surface area (Å²) in [5.74, 6) is 0. The van der Waals surface area contributed by atoms with Gasteiger partial charge in [0.15, 0.2) is 0 Å². The lowest BCUT2D eigenvalue weighted by Gasteiger charge is -2.11. The van der Waals surface area contributed by atoms with E-state index in [0.29, 0.717) is 0 Å². The third-order valence-corrected chi connectivity index (χ3v) is 2.99. The minimum atomic E-state index is 0.00270. The van der Waals surface area contributed by atoms with Crippen LogP contribution in [0.4, 0.5) is 0 Å². The summed E-state index contributed by atoms with van der Waals surface area (Å²) in [6.45, 7) is 6.68. The number of alkyl halides is 1. The van der Waals surface area contributed by atoms with Gasteiger partial charge in [-0.1, -0.05) is 66.2 Å². The van der Waals surface area contributed by atoms with Crippen LogP contribution in [-0.2, 0) is 4.74 Å². The van der Waals surface area contributed by atoms with Crippen molar-refractivity contribution in [1.82, 2.24) is 0 Å². The fourth-order valence-electron chi connectivity index (χ4n) is 1.21. The van der Waals surface area contributed by atoms with Crippen molar-refractivity contribution in [2.45, 2.75) is 24.8 Å². The normalized spacial score (nSPS) is 12.4. The van der Waals surface area contributed by atoms with E-state index < -0.39 is 0 Å². The lowest BCUT2D eigenvalue weighted by atomic mass is 10.1. The molecule has 0 aliphatic rings. The molecule has 82 valence electrons. The fourth-order valence-corrected chi connectivity index (χ4v) is 1.70. The molecule has 0 saturated carbocycles. The van der Waals surface area contributed by atoms with Gasteiger partial charge in [0.1, 0.15) is 5.01 Å². The molecule has 1 aromatic rings. The SMILES string of the molecule is C=Cc1ccc(C(Br)OCCCC)cc1. The van der Waals surface area contributed by atoms with E-state index in [0.717, 1.165) is 30.6 Å². The predicted octanol–water partition coefficient (Wildman–Crippen LogP) is 4.54. The van der Waals surface area contributed by atoms with Crippen molar-refractivity contribution in [2.75, 3.05) is 6.61 Å². The van der Waals surface area contributed by atoms with Gasteiger partial charge in [0.2, 0.25) is 0 Å². The Kier molecular flexibility index (Phi) is 5.66. The smallest absolute Gasteiger partial charge is 0.137 e. The van der Waals surface area contributed by atoms with Crippen LogP contribution >= 0.6 is 15.9 Å². The van der Waals surface area contributed by atoms with Gasteiger partial charge in [-0.05, 0) is 17.5 Å². The molecular weight excluding hydrogens is 252 g/mol. The number of benzene rings is 1. The second-order valence-electron chi connectivity index (χ2n) is 3.41. The van der Waals surface area contributed by atoms with Gasteiger partial charge < -0.3 is 4.74 Å². The van der Waals surface area contributed by atoms with Crippen LogP contribution in [-0.4, -0.2) is 6.61 Å². The van der Waals surface area contributed by atoms with Crippen molar-refractivity contribution in [3.05, 3.63) is 42.0 Å². The fraction of sp³-hybridized carbons (Fsp3) is 0.385. The highest BCUT2D eigenvalue weighted by molar-refractivity contribution is 9.09. The summed E-state index contributed by atoms with van der Waals surface area (Å²) in [7, 11) is 0. The number of hydrogen-bond acceptors (Lipinski definition) is 1. The highest BCUT2D eigenvalue weighted by Crippen LogP contribution is 2.24. The van der Waals surface area contributed by atoms with E-state index in [1.165, 1.54) is 0 Å². The third kappa shape index (κ3) is 4.18. The molecule has 0 aliphatic carbocycles. The molecule has 2 heteroatoms. The zero-order valence-corrected chi connectivity index (χ0v) is 10.7. The van der Waals surface area contributed by atoms with Gasteiger partial charge in [-0.15, -0.1) is 0 Å². The van der Waals surface area contributed by atoms with Crippen molar-refractivity contribution in [1.29, 1.82) is 0 Å². The van der Waals surface area contributed by atoms with Crippen LogP contribution in [0.3, 0.4) is 0 Å². The number of halogens is 1. The summed E-state index contributed by atoms with van der Waals surface area (Å²) in [6.07, 6.45) is 4.10. The summed E-state index contributed by atoms with van der Waals surface area (Å²) < 4.78 is 5.63. The molecule has 0 aromatic heterocycles. The molecule has 0 saturated heterocycles. The van der Waals surface area contributed by atoms with Gasteiger partial charge in [-0.3, -0.25) is 0 Å². The molecule has 0 amide bonds. The Hall–Kier alpha value is -0.600. The number of ether oxygens (including phenoxy) is 1. The minimum Gasteiger partial charge on any atom is -0.362 e. The molecule has 0 radical (unpaired) electrons. The molecule has 1 atom stereocenters. The predicted molar refractivity (Wildman–Crippen MR) is 69.1 cm³/mol. The van der Waals surface area contributed by atoms with E-state index >= 15 is 0 Å². The zero-order valence-electron chi connectivity index (χ0n) is 9.08. The molecule has 0 aliphatic heterocycles. The Balaban J connectivity index is 2.50. The minimum absolute atomic E-state index is 0.00270. The van der Waals surface area contributed by atoms with Crippen LogP contribution in [0.15, 0.2) is 30.8 Å². The summed E-state index contributed by atoms with van der Waals surface area (Å²) in [6, 6.07) is 8.20. The lowest BCUT2D eigenvalue weighted by Crippen LogP contribution is -1.98. The lowest BCUT2D eigenvalue weighted by molar-refractivity contribution is 0.115. The monoisotopic (exact) mass is 268 g/mol. The second-order valence-corrected chi connectivity index (χ2v) is 4.24. The van der Waals surface area contributed by atoms with Crippen LogP contribution in [0.2, 0.25) is 0 Å². The molecule has 0 heterocycles. The molecule has 1 rings (SSSR count). The van der Waals surface area contributed by atoms with Gasteiger partial charge in [-0.25, -0.2) is 0 Å². The summed E-state index contributed by atoms with van der Waals surface area (Å²) in [4.78, 5) is 0. The first-order valence-corrected chi connectivity index (χ1v) is 6.17. The average Bonchev–Trinajstić information content (AvgIpc) is 2.29. The van der Waals surface area contributed by atoms with E-state index in [2.05, 4.69) is 41.6 Å². The maximum Gasteiger partial charge on any atom is 0.137 e. The Bertz CT molecular complexity index is 292. The molecule has 0 fully saturated rings. The molecule has 1 unspecified atom stereocenters. The summed E-state index contributed by atoms with van der Waals surface area (Å²) in [5.41, 5.74) is 2.28. The van der Waals surface area contributed by atoms with Gasteiger partial charge in [-0.2, -0.15) is 0 Å². The molecule has 15 heavy (non-hydrogen) atoms. The Morgan fingerprint density at radius 3 is 2.60 bits per heavy atom. The van der Waals surface area contributed by atoms with E-state index in [1.54, 1.807) is 0 Å².